The Morgan fingerprint density at radius 1 is 1.16 bits per heavy atom. The van der Waals surface area contributed by atoms with Crippen LogP contribution in [0, 0.1) is 12.7 Å². The van der Waals surface area contributed by atoms with E-state index in [0.29, 0.717) is 13.2 Å². The molecule has 0 radical (unpaired) electrons. The summed E-state index contributed by atoms with van der Waals surface area (Å²) in [6.45, 7) is 2.95. The summed E-state index contributed by atoms with van der Waals surface area (Å²) in [6, 6.07) is 12.6. The maximum atomic E-state index is 13.0. The topological polar surface area (TPSA) is 35.2 Å². The summed E-state index contributed by atoms with van der Waals surface area (Å²) in [5.74, 6) is 0.598. The maximum Gasteiger partial charge on any atom is 0.123 e. The molecule has 0 saturated heterocycles. The smallest absolute Gasteiger partial charge is 0.123 e. The normalized spacial score (nSPS) is 10.5. The zero-order valence-corrected chi connectivity index (χ0v) is 11.0. The summed E-state index contributed by atoms with van der Waals surface area (Å²) in [5, 5.41) is 0. The van der Waals surface area contributed by atoms with Crippen LogP contribution in [0.3, 0.4) is 0 Å². The molecule has 0 aliphatic rings. The van der Waals surface area contributed by atoms with Gasteiger partial charge in [-0.05, 0) is 60.8 Å². The summed E-state index contributed by atoms with van der Waals surface area (Å²) in [5.41, 5.74) is 8.59. The zero-order valence-electron chi connectivity index (χ0n) is 11.0. The Balaban J connectivity index is 2.03. The van der Waals surface area contributed by atoms with Crippen LogP contribution in [0.1, 0.15) is 16.7 Å². The molecule has 0 aromatic heterocycles. The third-order valence-corrected chi connectivity index (χ3v) is 3.03. The molecule has 0 unspecified atom stereocenters. The molecule has 2 aromatic carbocycles. The van der Waals surface area contributed by atoms with Crippen LogP contribution in [0.25, 0.3) is 0 Å². The molecule has 0 fully saturated rings. The van der Waals surface area contributed by atoms with E-state index in [0.717, 1.165) is 28.9 Å². The second kappa shape index (κ2) is 6.34. The second-order valence-electron chi connectivity index (χ2n) is 4.55. The predicted molar refractivity (Wildman–Crippen MR) is 74.7 cm³/mol. The first-order valence-electron chi connectivity index (χ1n) is 6.36. The third kappa shape index (κ3) is 3.80. The molecule has 2 N–H and O–H groups in total. The van der Waals surface area contributed by atoms with E-state index in [1.54, 1.807) is 6.07 Å². The van der Waals surface area contributed by atoms with Crippen molar-refractivity contribution < 1.29 is 9.13 Å². The van der Waals surface area contributed by atoms with Gasteiger partial charge in [-0.25, -0.2) is 4.39 Å². The molecule has 100 valence electrons. The molecule has 0 heterocycles. The Morgan fingerprint density at radius 3 is 2.74 bits per heavy atom. The molecule has 0 atom stereocenters. The van der Waals surface area contributed by atoms with E-state index in [2.05, 4.69) is 0 Å². The Bertz CT molecular complexity index is 554. The van der Waals surface area contributed by atoms with Crippen molar-refractivity contribution in [3.8, 4) is 5.75 Å². The van der Waals surface area contributed by atoms with Crippen molar-refractivity contribution in [2.75, 3.05) is 6.54 Å². The molecule has 0 aliphatic heterocycles. The molecule has 2 nitrogen and oxygen atoms in total. The average molecular weight is 259 g/mol. The van der Waals surface area contributed by atoms with Crippen LogP contribution in [0.4, 0.5) is 4.39 Å². The number of rotatable bonds is 5. The minimum atomic E-state index is -0.216. The van der Waals surface area contributed by atoms with E-state index in [-0.39, 0.29) is 5.82 Å². The lowest BCUT2D eigenvalue weighted by Gasteiger charge is -2.10. The van der Waals surface area contributed by atoms with Crippen molar-refractivity contribution in [1.82, 2.24) is 0 Å². The standard InChI is InChI=1S/C16H18FNO/c1-12-9-15(17)6-5-14(12)11-19-16-4-2-3-13(10-16)7-8-18/h2-6,9-10H,7-8,11,18H2,1H3. The summed E-state index contributed by atoms with van der Waals surface area (Å²) >= 11 is 0. The summed E-state index contributed by atoms with van der Waals surface area (Å²) < 4.78 is 18.7. The minimum absolute atomic E-state index is 0.216. The SMILES string of the molecule is Cc1cc(F)ccc1COc1cccc(CCN)c1. The van der Waals surface area contributed by atoms with Gasteiger partial charge in [0, 0.05) is 0 Å². The lowest BCUT2D eigenvalue weighted by atomic mass is 10.1. The Morgan fingerprint density at radius 2 is 2.00 bits per heavy atom. The van der Waals surface area contributed by atoms with E-state index in [4.69, 9.17) is 10.5 Å². The van der Waals surface area contributed by atoms with Gasteiger partial charge in [0.25, 0.3) is 0 Å². The molecule has 0 aliphatic carbocycles. The number of hydrogen-bond acceptors (Lipinski definition) is 2. The summed E-state index contributed by atoms with van der Waals surface area (Å²) in [7, 11) is 0. The van der Waals surface area contributed by atoms with Gasteiger partial charge in [-0.3, -0.25) is 0 Å². The molecule has 0 bridgehead atoms. The molecule has 0 saturated carbocycles. The van der Waals surface area contributed by atoms with Gasteiger partial charge in [-0.2, -0.15) is 0 Å². The number of benzene rings is 2. The quantitative estimate of drug-likeness (QED) is 0.894. The lowest BCUT2D eigenvalue weighted by molar-refractivity contribution is 0.305. The van der Waals surface area contributed by atoms with Gasteiger partial charge in [0.1, 0.15) is 18.2 Å². The van der Waals surface area contributed by atoms with Crippen LogP contribution in [0.5, 0.6) is 5.75 Å². The fourth-order valence-corrected chi connectivity index (χ4v) is 1.94. The van der Waals surface area contributed by atoms with Gasteiger partial charge in [0.05, 0.1) is 0 Å². The van der Waals surface area contributed by atoms with E-state index in [1.165, 1.54) is 12.1 Å². The Hall–Kier alpha value is -1.87. The first kappa shape index (κ1) is 13.6. The number of halogens is 1. The van der Waals surface area contributed by atoms with Gasteiger partial charge in [0.15, 0.2) is 0 Å². The van der Waals surface area contributed by atoms with Gasteiger partial charge in [0.2, 0.25) is 0 Å². The second-order valence-corrected chi connectivity index (χ2v) is 4.55. The molecule has 2 aromatic rings. The fourth-order valence-electron chi connectivity index (χ4n) is 1.94. The van der Waals surface area contributed by atoms with Gasteiger partial charge < -0.3 is 10.5 Å². The highest BCUT2D eigenvalue weighted by Crippen LogP contribution is 2.17. The van der Waals surface area contributed by atoms with Crippen molar-refractivity contribution in [2.24, 2.45) is 5.73 Å². The van der Waals surface area contributed by atoms with E-state index in [1.807, 2.05) is 31.2 Å². The van der Waals surface area contributed by atoms with Crippen molar-refractivity contribution >= 4 is 0 Å². The van der Waals surface area contributed by atoms with Gasteiger partial charge >= 0.3 is 0 Å². The molecular formula is C16H18FNO. The minimum Gasteiger partial charge on any atom is -0.489 e. The van der Waals surface area contributed by atoms with Gasteiger partial charge in [-0.15, -0.1) is 0 Å². The van der Waals surface area contributed by atoms with Gasteiger partial charge in [-0.1, -0.05) is 18.2 Å². The van der Waals surface area contributed by atoms with Crippen LogP contribution in [0.2, 0.25) is 0 Å². The van der Waals surface area contributed by atoms with Crippen LogP contribution in [-0.4, -0.2) is 6.54 Å². The van der Waals surface area contributed by atoms with E-state index in [9.17, 15) is 4.39 Å². The molecule has 0 spiro atoms. The molecular weight excluding hydrogens is 241 g/mol. The maximum absolute atomic E-state index is 13.0. The molecule has 2 rings (SSSR count). The first-order valence-corrected chi connectivity index (χ1v) is 6.36. The summed E-state index contributed by atoms with van der Waals surface area (Å²) in [6.07, 6.45) is 0.840. The molecule has 3 heteroatoms. The third-order valence-electron chi connectivity index (χ3n) is 3.03. The van der Waals surface area contributed by atoms with Crippen molar-refractivity contribution in [2.45, 2.75) is 20.0 Å². The highest BCUT2D eigenvalue weighted by molar-refractivity contribution is 5.30. The number of nitrogens with two attached hydrogens (primary N) is 1. The van der Waals surface area contributed by atoms with Crippen LogP contribution >= 0.6 is 0 Å². The molecule has 19 heavy (non-hydrogen) atoms. The Labute approximate surface area is 113 Å². The van der Waals surface area contributed by atoms with Crippen LogP contribution < -0.4 is 10.5 Å². The number of ether oxygens (including phenoxy) is 1. The lowest BCUT2D eigenvalue weighted by Crippen LogP contribution is -2.03. The fraction of sp³-hybridized carbons (Fsp3) is 0.250. The monoisotopic (exact) mass is 259 g/mol. The zero-order chi connectivity index (χ0) is 13.7. The van der Waals surface area contributed by atoms with Crippen molar-refractivity contribution in [3.63, 3.8) is 0 Å². The highest BCUT2D eigenvalue weighted by Gasteiger charge is 2.02. The Kier molecular flexibility index (Phi) is 4.53. The summed E-state index contributed by atoms with van der Waals surface area (Å²) in [4.78, 5) is 0. The average Bonchev–Trinajstić information content (AvgIpc) is 2.38. The highest BCUT2D eigenvalue weighted by atomic mass is 19.1. The first-order chi connectivity index (χ1) is 9.19. The number of hydrogen-bond donors (Lipinski definition) is 1. The van der Waals surface area contributed by atoms with E-state index < -0.39 is 0 Å². The van der Waals surface area contributed by atoms with Crippen molar-refractivity contribution in [3.05, 3.63) is 65.0 Å². The predicted octanol–water partition coefficient (Wildman–Crippen LogP) is 3.21. The van der Waals surface area contributed by atoms with Crippen LogP contribution in [-0.2, 0) is 13.0 Å². The number of aryl methyl sites for hydroxylation is 1. The van der Waals surface area contributed by atoms with Crippen molar-refractivity contribution in [1.29, 1.82) is 0 Å². The van der Waals surface area contributed by atoms with E-state index >= 15 is 0 Å². The largest absolute Gasteiger partial charge is 0.489 e. The molecule has 0 amide bonds. The van der Waals surface area contributed by atoms with Crippen LogP contribution in [0.15, 0.2) is 42.5 Å².